The molecule has 7 heteroatoms. The summed E-state index contributed by atoms with van der Waals surface area (Å²) >= 11 is 0. The Morgan fingerprint density at radius 3 is 2.15 bits per heavy atom. The second-order valence-electron chi connectivity index (χ2n) is 5.94. The topological polar surface area (TPSA) is 90.5 Å². The maximum Gasteiger partial charge on any atom is 0.253 e. The molecule has 136 valence electrons. The van der Waals surface area contributed by atoms with Crippen LogP contribution in [0.2, 0.25) is 0 Å². The highest BCUT2D eigenvalue weighted by Crippen LogP contribution is 2.15. The lowest BCUT2D eigenvalue weighted by Crippen LogP contribution is -2.23. The number of carbonyl (C=O) groups is 3. The number of carbonyl (C=O) groups excluding carboxylic acids is 3. The molecular weight excluding hydrogens is 332 g/mol. The van der Waals surface area contributed by atoms with Gasteiger partial charge >= 0.3 is 0 Å². The number of rotatable bonds is 6. The van der Waals surface area contributed by atoms with Gasteiger partial charge in [-0.05, 0) is 42.5 Å². The highest BCUT2D eigenvalue weighted by atomic mass is 16.2. The van der Waals surface area contributed by atoms with Crippen LogP contribution in [0.3, 0.4) is 0 Å². The van der Waals surface area contributed by atoms with Crippen LogP contribution < -0.4 is 16.0 Å². The zero-order chi connectivity index (χ0) is 19.1. The maximum absolute atomic E-state index is 12.1. The van der Waals surface area contributed by atoms with E-state index in [0.29, 0.717) is 16.9 Å². The fourth-order valence-electron chi connectivity index (χ4n) is 2.25. The molecular formula is C19H22N4O3. The number of hydrogen-bond donors (Lipinski definition) is 3. The largest absolute Gasteiger partial charge is 0.376 e. The lowest BCUT2D eigenvalue weighted by molar-refractivity contribution is -0.115. The normalized spacial score (nSPS) is 9.96. The van der Waals surface area contributed by atoms with Crippen LogP contribution in [0, 0.1) is 0 Å². The quantitative estimate of drug-likeness (QED) is 0.743. The molecule has 0 aliphatic rings. The lowest BCUT2D eigenvalue weighted by atomic mass is 10.2. The van der Waals surface area contributed by atoms with E-state index < -0.39 is 0 Å². The van der Waals surface area contributed by atoms with E-state index in [1.807, 2.05) is 0 Å². The summed E-state index contributed by atoms with van der Waals surface area (Å²) in [6, 6.07) is 13.8. The Balaban J connectivity index is 1.89. The third-order valence-corrected chi connectivity index (χ3v) is 3.46. The standard InChI is InChI=1S/C19H22N4O3/c1-13(24)21-17-6-4-5-16(11-17)20-12-18(25)22-15-9-7-14(8-10-15)19(26)23(2)3/h4-11,20H,12H2,1-3H3,(H,21,24)(H,22,25). The average molecular weight is 354 g/mol. The Kier molecular flexibility index (Phi) is 6.32. The van der Waals surface area contributed by atoms with Crippen molar-refractivity contribution in [2.24, 2.45) is 0 Å². The predicted octanol–water partition coefficient (Wildman–Crippen LogP) is 2.40. The molecule has 0 atom stereocenters. The van der Waals surface area contributed by atoms with E-state index in [1.54, 1.807) is 62.6 Å². The van der Waals surface area contributed by atoms with Gasteiger partial charge in [0.05, 0.1) is 6.54 Å². The molecule has 0 aromatic heterocycles. The van der Waals surface area contributed by atoms with Gasteiger partial charge in [-0.1, -0.05) is 6.07 Å². The molecule has 26 heavy (non-hydrogen) atoms. The Morgan fingerprint density at radius 1 is 0.885 bits per heavy atom. The molecule has 7 nitrogen and oxygen atoms in total. The number of amides is 3. The first-order valence-electron chi connectivity index (χ1n) is 8.08. The molecule has 0 saturated heterocycles. The zero-order valence-electron chi connectivity index (χ0n) is 15.0. The van der Waals surface area contributed by atoms with Gasteiger partial charge in [-0.25, -0.2) is 0 Å². The van der Waals surface area contributed by atoms with Crippen LogP contribution in [0.4, 0.5) is 17.1 Å². The van der Waals surface area contributed by atoms with Crippen molar-refractivity contribution in [2.45, 2.75) is 6.92 Å². The van der Waals surface area contributed by atoms with Gasteiger partial charge in [0.1, 0.15) is 0 Å². The second-order valence-corrected chi connectivity index (χ2v) is 5.94. The molecule has 0 unspecified atom stereocenters. The molecule has 0 saturated carbocycles. The predicted molar refractivity (Wildman–Crippen MR) is 102 cm³/mol. The molecule has 0 aliphatic carbocycles. The average Bonchev–Trinajstić information content (AvgIpc) is 2.60. The highest BCUT2D eigenvalue weighted by Gasteiger charge is 2.08. The number of anilines is 3. The molecule has 3 N–H and O–H groups in total. The van der Waals surface area contributed by atoms with Crippen LogP contribution in [0.1, 0.15) is 17.3 Å². The minimum absolute atomic E-state index is 0.0713. The molecule has 0 aliphatic heterocycles. The number of hydrogen-bond acceptors (Lipinski definition) is 4. The molecule has 0 radical (unpaired) electrons. The van der Waals surface area contributed by atoms with Crippen LogP contribution in [0.15, 0.2) is 48.5 Å². The van der Waals surface area contributed by atoms with Crippen LogP contribution in [0.5, 0.6) is 0 Å². The first-order valence-corrected chi connectivity index (χ1v) is 8.08. The van der Waals surface area contributed by atoms with Crippen LogP contribution in [-0.4, -0.2) is 43.3 Å². The van der Waals surface area contributed by atoms with Gasteiger partial charge in [0, 0.05) is 43.6 Å². The van der Waals surface area contributed by atoms with E-state index in [1.165, 1.54) is 11.8 Å². The van der Waals surface area contributed by atoms with E-state index in [9.17, 15) is 14.4 Å². The van der Waals surface area contributed by atoms with Gasteiger partial charge in [0.25, 0.3) is 5.91 Å². The molecule has 0 fully saturated rings. The first-order chi connectivity index (χ1) is 12.3. The summed E-state index contributed by atoms with van der Waals surface area (Å²) in [5, 5.41) is 8.44. The van der Waals surface area contributed by atoms with Gasteiger partial charge in [0.2, 0.25) is 11.8 Å². The van der Waals surface area contributed by atoms with E-state index in [-0.39, 0.29) is 24.3 Å². The van der Waals surface area contributed by atoms with Gasteiger partial charge in [0.15, 0.2) is 0 Å². The van der Waals surface area contributed by atoms with Crippen molar-refractivity contribution in [1.29, 1.82) is 0 Å². The number of nitrogens with one attached hydrogen (secondary N) is 3. The summed E-state index contributed by atoms with van der Waals surface area (Å²) in [6.45, 7) is 1.51. The van der Waals surface area contributed by atoms with Crippen molar-refractivity contribution in [1.82, 2.24) is 4.90 Å². The second kappa shape index (κ2) is 8.66. The number of nitrogens with zero attached hydrogens (tertiary/aromatic N) is 1. The zero-order valence-corrected chi connectivity index (χ0v) is 15.0. The van der Waals surface area contributed by atoms with Gasteiger partial charge in [-0.2, -0.15) is 0 Å². The molecule has 2 rings (SSSR count). The molecule has 0 heterocycles. The minimum atomic E-state index is -0.221. The van der Waals surface area contributed by atoms with Crippen LogP contribution >= 0.6 is 0 Å². The van der Waals surface area contributed by atoms with Crippen molar-refractivity contribution in [3.05, 3.63) is 54.1 Å². The molecule has 2 aromatic rings. The SMILES string of the molecule is CC(=O)Nc1cccc(NCC(=O)Nc2ccc(C(=O)N(C)C)cc2)c1. The Labute approximate surface area is 152 Å². The Hall–Kier alpha value is -3.35. The summed E-state index contributed by atoms with van der Waals surface area (Å²) in [5.74, 6) is -0.471. The summed E-state index contributed by atoms with van der Waals surface area (Å²) in [6.07, 6.45) is 0. The fourth-order valence-corrected chi connectivity index (χ4v) is 2.25. The third-order valence-electron chi connectivity index (χ3n) is 3.46. The van der Waals surface area contributed by atoms with Gasteiger partial charge in [-0.3, -0.25) is 14.4 Å². The van der Waals surface area contributed by atoms with Crippen LogP contribution in [0.25, 0.3) is 0 Å². The van der Waals surface area contributed by atoms with Gasteiger partial charge in [-0.15, -0.1) is 0 Å². The summed E-state index contributed by atoms with van der Waals surface area (Å²) < 4.78 is 0. The van der Waals surface area contributed by atoms with Crippen molar-refractivity contribution in [3.63, 3.8) is 0 Å². The Morgan fingerprint density at radius 2 is 1.54 bits per heavy atom. The van der Waals surface area contributed by atoms with Crippen molar-refractivity contribution < 1.29 is 14.4 Å². The van der Waals surface area contributed by atoms with Crippen molar-refractivity contribution in [3.8, 4) is 0 Å². The van der Waals surface area contributed by atoms with E-state index in [2.05, 4.69) is 16.0 Å². The summed E-state index contributed by atoms with van der Waals surface area (Å²) in [7, 11) is 3.37. The number of benzene rings is 2. The minimum Gasteiger partial charge on any atom is -0.376 e. The van der Waals surface area contributed by atoms with Crippen LogP contribution in [-0.2, 0) is 9.59 Å². The highest BCUT2D eigenvalue weighted by molar-refractivity contribution is 5.96. The Bertz CT molecular complexity index is 801. The molecule has 0 bridgehead atoms. The summed E-state index contributed by atoms with van der Waals surface area (Å²) in [5.41, 5.74) is 2.54. The van der Waals surface area contributed by atoms with Crippen molar-refractivity contribution in [2.75, 3.05) is 36.6 Å². The smallest absolute Gasteiger partial charge is 0.253 e. The maximum atomic E-state index is 12.1. The summed E-state index contributed by atoms with van der Waals surface area (Å²) in [4.78, 5) is 36.5. The molecule has 2 aromatic carbocycles. The first kappa shape index (κ1) is 19.0. The van der Waals surface area contributed by atoms with E-state index in [4.69, 9.17) is 0 Å². The molecule has 0 spiro atoms. The third kappa shape index (κ3) is 5.62. The van der Waals surface area contributed by atoms with E-state index in [0.717, 1.165) is 5.69 Å². The van der Waals surface area contributed by atoms with E-state index >= 15 is 0 Å². The monoisotopic (exact) mass is 354 g/mol. The fraction of sp³-hybridized carbons (Fsp3) is 0.211. The lowest BCUT2D eigenvalue weighted by Gasteiger charge is -2.11. The van der Waals surface area contributed by atoms with Crippen molar-refractivity contribution >= 4 is 34.8 Å². The molecule has 3 amide bonds. The van der Waals surface area contributed by atoms with Gasteiger partial charge < -0.3 is 20.9 Å².